The van der Waals surface area contributed by atoms with Crippen LogP contribution in [0.3, 0.4) is 0 Å². The lowest BCUT2D eigenvalue weighted by molar-refractivity contribution is 0.255. The molecule has 1 aliphatic heterocycles. The van der Waals surface area contributed by atoms with Crippen molar-refractivity contribution < 1.29 is 14.2 Å². The van der Waals surface area contributed by atoms with Crippen LogP contribution in [0.5, 0.6) is 17.2 Å². The standard InChI is InChI=1S/C20H24ClNO3/c1-23-18-7-5-15(19(24-2)20(18)25-3)9-11-22-10-8-14-4-6-17(21)12-16(14)13-22/h4-7,12H,8-11,13H2,1-3H3. The fraction of sp³-hybridized carbons (Fsp3) is 0.400. The van der Waals surface area contributed by atoms with Crippen LogP contribution in [0.1, 0.15) is 16.7 Å². The molecule has 25 heavy (non-hydrogen) atoms. The molecule has 2 aromatic carbocycles. The van der Waals surface area contributed by atoms with Gasteiger partial charge in [-0.2, -0.15) is 0 Å². The molecule has 5 heteroatoms. The molecule has 0 atom stereocenters. The van der Waals surface area contributed by atoms with Gasteiger partial charge in [-0.05, 0) is 47.7 Å². The first-order chi connectivity index (χ1) is 12.2. The largest absolute Gasteiger partial charge is 0.493 e. The smallest absolute Gasteiger partial charge is 0.203 e. The van der Waals surface area contributed by atoms with Crippen molar-refractivity contribution in [3.63, 3.8) is 0 Å². The molecule has 0 unspecified atom stereocenters. The number of methoxy groups -OCH3 is 3. The zero-order valence-electron chi connectivity index (χ0n) is 15.0. The highest BCUT2D eigenvalue weighted by atomic mass is 35.5. The first-order valence-corrected chi connectivity index (χ1v) is 8.81. The van der Waals surface area contributed by atoms with Gasteiger partial charge in [-0.25, -0.2) is 0 Å². The maximum atomic E-state index is 6.14. The van der Waals surface area contributed by atoms with E-state index in [-0.39, 0.29) is 0 Å². The molecule has 0 saturated heterocycles. The van der Waals surface area contributed by atoms with E-state index in [1.807, 2.05) is 12.1 Å². The summed E-state index contributed by atoms with van der Waals surface area (Å²) in [6, 6.07) is 10.2. The van der Waals surface area contributed by atoms with Crippen molar-refractivity contribution in [2.75, 3.05) is 34.4 Å². The summed E-state index contributed by atoms with van der Waals surface area (Å²) in [5, 5.41) is 0.808. The first kappa shape index (κ1) is 17.9. The summed E-state index contributed by atoms with van der Waals surface area (Å²) >= 11 is 6.14. The second kappa shape index (κ2) is 7.98. The Morgan fingerprint density at radius 1 is 0.960 bits per heavy atom. The van der Waals surface area contributed by atoms with Gasteiger partial charge in [0.05, 0.1) is 21.3 Å². The molecule has 3 rings (SSSR count). The zero-order chi connectivity index (χ0) is 17.8. The number of hydrogen-bond acceptors (Lipinski definition) is 4. The number of benzene rings is 2. The highest BCUT2D eigenvalue weighted by Gasteiger charge is 2.19. The Kier molecular flexibility index (Phi) is 5.71. The van der Waals surface area contributed by atoms with Crippen molar-refractivity contribution in [3.8, 4) is 17.2 Å². The molecule has 1 aliphatic rings. The number of rotatable bonds is 6. The number of halogens is 1. The van der Waals surface area contributed by atoms with E-state index in [0.717, 1.165) is 48.8 Å². The zero-order valence-corrected chi connectivity index (χ0v) is 15.7. The Hall–Kier alpha value is -1.91. The van der Waals surface area contributed by atoms with Gasteiger partial charge in [-0.15, -0.1) is 0 Å². The van der Waals surface area contributed by atoms with Crippen LogP contribution in [-0.2, 0) is 19.4 Å². The summed E-state index contributed by atoms with van der Waals surface area (Å²) in [5.41, 5.74) is 3.86. The monoisotopic (exact) mass is 361 g/mol. The van der Waals surface area contributed by atoms with Gasteiger partial charge in [-0.3, -0.25) is 4.90 Å². The normalized spacial score (nSPS) is 14.1. The minimum Gasteiger partial charge on any atom is -0.493 e. The molecule has 2 aromatic rings. The van der Waals surface area contributed by atoms with Crippen molar-refractivity contribution in [1.29, 1.82) is 0 Å². The molecule has 0 saturated carbocycles. The van der Waals surface area contributed by atoms with Gasteiger partial charge >= 0.3 is 0 Å². The Bertz CT molecular complexity index is 748. The predicted molar refractivity (Wildman–Crippen MR) is 100 cm³/mol. The average Bonchev–Trinajstić information content (AvgIpc) is 2.64. The molecule has 0 radical (unpaired) electrons. The van der Waals surface area contributed by atoms with Crippen LogP contribution in [0.2, 0.25) is 5.02 Å². The molecule has 0 bridgehead atoms. The SMILES string of the molecule is COc1ccc(CCN2CCc3ccc(Cl)cc3C2)c(OC)c1OC. The molecule has 1 heterocycles. The molecule has 0 aromatic heterocycles. The topological polar surface area (TPSA) is 30.9 Å². The van der Waals surface area contributed by atoms with Gasteiger partial charge < -0.3 is 14.2 Å². The summed E-state index contributed by atoms with van der Waals surface area (Å²) in [5.74, 6) is 2.09. The van der Waals surface area contributed by atoms with Gasteiger partial charge in [-0.1, -0.05) is 23.7 Å². The number of ether oxygens (including phenoxy) is 3. The second-order valence-corrected chi connectivity index (χ2v) is 6.62. The van der Waals surface area contributed by atoms with E-state index in [2.05, 4.69) is 23.1 Å². The van der Waals surface area contributed by atoms with E-state index < -0.39 is 0 Å². The van der Waals surface area contributed by atoms with Crippen molar-refractivity contribution in [2.45, 2.75) is 19.4 Å². The Morgan fingerprint density at radius 2 is 1.76 bits per heavy atom. The fourth-order valence-electron chi connectivity index (χ4n) is 3.41. The third kappa shape index (κ3) is 3.86. The molecule has 0 fully saturated rings. The van der Waals surface area contributed by atoms with Crippen molar-refractivity contribution in [2.24, 2.45) is 0 Å². The quantitative estimate of drug-likeness (QED) is 0.779. The van der Waals surface area contributed by atoms with Crippen molar-refractivity contribution in [1.82, 2.24) is 4.90 Å². The third-order valence-electron chi connectivity index (χ3n) is 4.74. The van der Waals surface area contributed by atoms with Crippen LogP contribution < -0.4 is 14.2 Å². The van der Waals surface area contributed by atoms with Crippen LogP contribution in [0, 0.1) is 0 Å². The summed E-state index contributed by atoms with van der Waals surface area (Å²) in [4.78, 5) is 2.45. The van der Waals surface area contributed by atoms with E-state index in [1.54, 1.807) is 21.3 Å². The molecule has 0 N–H and O–H groups in total. The summed E-state index contributed by atoms with van der Waals surface area (Å²) in [6.07, 6.45) is 1.95. The van der Waals surface area contributed by atoms with Gasteiger partial charge in [0.15, 0.2) is 11.5 Å². The minimum absolute atomic E-state index is 0.651. The van der Waals surface area contributed by atoms with Crippen LogP contribution in [0.25, 0.3) is 0 Å². The summed E-state index contributed by atoms with van der Waals surface area (Å²) in [7, 11) is 4.93. The highest BCUT2D eigenvalue weighted by molar-refractivity contribution is 6.30. The summed E-state index contributed by atoms with van der Waals surface area (Å²) in [6.45, 7) is 2.95. The van der Waals surface area contributed by atoms with E-state index in [0.29, 0.717) is 11.5 Å². The number of fused-ring (bicyclic) bond motifs is 1. The van der Waals surface area contributed by atoms with E-state index >= 15 is 0 Å². The van der Waals surface area contributed by atoms with Gasteiger partial charge in [0.2, 0.25) is 5.75 Å². The molecule has 0 aliphatic carbocycles. The van der Waals surface area contributed by atoms with E-state index in [1.165, 1.54) is 11.1 Å². The minimum atomic E-state index is 0.651. The van der Waals surface area contributed by atoms with Crippen LogP contribution in [0.15, 0.2) is 30.3 Å². The lowest BCUT2D eigenvalue weighted by atomic mass is 9.99. The van der Waals surface area contributed by atoms with Crippen LogP contribution in [0.4, 0.5) is 0 Å². The van der Waals surface area contributed by atoms with E-state index in [4.69, 9.17) is 25.8 Å². The third-order valence-corrected chi connectivity index (χ3v) is 4.98. The Labute approximate surface area is 154 Å². The van der Waals surface area contributed by atoms with Gasteiger partial charge in [0.1, 0.15) is 0 Å². The lowest BCUT2D eigenvalue weighted by Crippen LogP contribution is -2.32. The Balaban J connectivity index is 1.72. The van der Waals surface area contributed by atoms with Crippen molar-refractivity contribution in [3.05, 3.63) is 52.0 Å². The Morgan fingerprint density at radius 3 is 2.48 bits per heavy atom. The maximum absolute atomic E-state index is 6.14. The van der Waals surface area contributed by atoms with Gasteiger partial charge in [0, 0.05) is 24.7 Å². The molecule has 0 spiro atoms. The second-order valence-electron chi connectivity index (χ2n) is 6.18. The maximum Gasteiger partial charge on any atom is 0.203 e. The molecular formula is C20H24ClNO3. The highest BCUT2D eigenvalue weighted by Crippen LogP contribution is 2.40. The summed E-state index contributed by atoms with van der Waals surface area (Å²) < 4.78 is 16.4. The first-order valence-electron chi connectivity index (χ1n) is 8.43. The molecule has 134 valence electrons. The van der Waals surface area contributed by atoms with Crippen LogP contribution in [-0.4, -0.2) is 39.3 Å². The molecular weight excluding hydrogens is 338 g/mol. The lowest BCUT2D eigenvalue weighted by Gasteiger charge is -2.29. The van der Waals surface area contributed by atoms with E-state index in [9.17, 15) is 0 Å². The van der Waals surface area contributed by atoms with Gasteiger partial charge in [0.25, 0.3) is 0 Å². The number of hydrogen-bond donors (Lipinski definition) is 0. The van der Waals surface area contributed by atoms with Crippen molar-refractivity contribution >= 4 is 11.6 Å². The number of nitrogens with zero attached hydrogens (tertiary/aromatic N) is 1. The predicted octanol–water partition coefficient (Wildman–Crippen LogP) is 3.97. The fourth-order valence-corrected chi connectivity index (χ4v) is 3.61. The molecule has 0 amide bonds. The molecule has 4 nitrogen and oxygen atoms in total. The van der Waals surface area contributed by atoms with Crippen LogP contribution >= 0.6 is 11.6 Å². The average molecular weight is 362 g/mol.